The predicted octanol–water partition coefficient (Wildman–Crippen LogP) is 4.95. The lowest BCUT2D eigenvalue weighted by Crippen LogP contribution is -2.47. The average Bonchev–Trinajstić information content (AvgIpc) is 3.05. The van der Waals surface area contributed by atoms with Crippen molar-refractivity contribution in [3.63, 3.8) is 0 Å². The number of nitrogens with one attached hydrogen (secondary N) is 1. The second kappa shape index (κ2) is 8.29. The van der Waals surface area contributed by atoms with Gasteiger partial charge in [-0.1, -0.05) is 60.7 Å². The van der Waals surface area contributed by atoms with Crippen molar-refractivity contribution >= 4 is 29.4 Å². The summed E-state index contributed by atoms with van der Waals surface area (Å²) in [5.74, 6) is -0.420. The van der Waals surface area contributed by atoms with Crippen LogP contribution in [0.2, 0.25) is 0 Å². The summed E-state index contributed by atoms with van der Waals surface area (Å²) >= 11 is 1.15. The molecule has 2 atom stereocenters. The molecule has 1 heterocycles. The molecule has 26 heavy (non-hydrogen) atoms. The molecule has 3 rings (SSSR count). The van der Waals surface area contributed by atoms with Gasteiger partial charge in [0.15, 0.2) is 0 Å². The molecule has 0 bridgehead atoms. The zero-order chi connectivity index (χ0) is 18.4. The lowest BCUT2D eigenvalue weighted by atomic mass is 9.98. The molecule has 2 aromatic rings. The zero-order valence-electron chi connectivity index (χ0n) is 13.7. The molecule has 6 heteroatoms. The zero-order valence-corrected chi connectivity index (χ0v) is 14.5. The number of thioether (sulfide) groups is 1. The standard InChI is InChI=1S/C20H17F2NO2S/c21-19(22)25-17-12-14-26-20(17,13-11-15-7-3-1-4-8-15)18(24)23-16-9-5-2-6-10-16/h1-14,17,19H,(H,23,24). The van der Waals surface area contributed by atoms with E-state index < -0.39 is 23.4 Å². The molecule has 1 N–H and O–H groups in total. The van der Waals surface area contributed by atoms with Gasteiger partial charge < -0.3 is 10.1 Å². The minimum absolute atomic E-state index is 0.420. The van der Waals surface area contributed by atoms with Gasteiger partial charge in [0.25, 0.3) is 0 Å². The fourth-order valence-corrected chi connectivity index (χ4v) is 3.64. The number of alkyl halides is 2. The first-order valence-electron chi connectivity index (χ1n) is 7.99. The highest BCUT2D eigenvalue weighted by atomic mass is 32.2. The molecule has 0 fully saturated rings. The Balaban J connectivity index is 1.91. The van der Waals surface area contributed by atoms with Gasteiger partial charge in [0.2, 0.25) is 5.91 Å². The highest BCUT2D eigenvalue weighted by molar-refractivity contribution is 8.04. The number of amides is 1. The van der Waals surface area contributed by atoms with Gasteiger partial charge in [-0.25, -0.2) is 0 Å². The lowest BCUT2D eigenvalue weighted by molar-refractivity contribution is -0.157. The Kier molecular flexibility index (Phi) is 5.85. The minimum atomic E-state index is -2.97. The van der Waals surface area contributed by atoms with E-state index in [1.807, 2.05) is 36.4 Å². The second-order valence-corrected chi connectivity index (χ2v) is 6.80. The summed E-state index contributed by atoms with van der Waals surface area (Å²) in [4.78, 5) is 13.0. The van der Waals surface area contributed by atoms with Crippen LogP contribution in [0.15, 0.2) is 78.2 Å². The fourth-order valence-electron chi connectivity index (χ4n) is 2.62. The van der Waals surface area contributed by atoms with Crippen LogP contribution in [0.3, 0.4) is 0 Å². The highest BCUT2D eigenvalue weighted by Crippen LogP contribution is 2.42. The van der Waals surface area contributed by atoms with Gasteiger partial charge in [0, 0.05) is 5.69 Å². The Hall–Kier alpha value is -2.44. The normalized spacial score (nSPS) is 22.2. The maximum atomic E-state index is 13.0. The highest BCUT2D eigenvalue weighted by Gasteiger charge is 2.47. The topological polar surface area (TPSA) is 38.3 Å². The van der Waals surface area contributed by atoms with E-state index in [0.717, 1.165) is 17.3 Å². The Bertz CT molecular complexity index is 796. The number of benzene rings is 2. The molecule has 1 aliphatic heterocycles. The number of carbonyl (C=O) groups excluding carboxylic acids is 1. The van der Waals surface area contributed by atoms with E-state index in [9.17, 15) is 13.6 Å². The van der Waals surface area contributed by atoms with Gasteiger partial charge in [0.05, 0.1) is 0 Å². The molecule has 0 radical (unpaired) electrons. The Morgan fingerprint density at radius 3 is 2.42 bits per heavy atom. The Morgan fingerprint density at radius 2 is 1.77 bits per heavy atom. The second-order valence-electron chi connectivity index (χ2n) is 5.62. The van der Waals surface area contributed by atoms with Crippen LogP contribution in [0, 0.1) is 0 Å². The first-order chi connectivity index (χ1) is 12.6. The quantitative estimate of drug-likeness (QED) is 0.779. The van der Waals surface area contributed by atoms with E-state index in [2.05, 4.69) is 5.32 Å². The van der Waals surface area contributed by atoms with E-state index in [4.69, 9.17) is 4.74 Å². The van der Waals surface area contributed by atoms with E-state index >= 15 is 0 Å². The molecule has 3 nitrogen and oxygen atoms in total. The molecular formula is C20H17F2NO2S. The third-order valence-electron chi connectivity index (χ3n) is 3.90. The van der Waals surface area contributed by atoms with Gasteiger partial charge in [-0.15, -0.1) is 11.8 Å². The van der Waals surface area contributed by atoms with Crippen molar-refractivity contribution in [2.75, 3.05) is 5.32 Å². The summed E-state index contributed by atoms with van der Waals surface area (Å²) in [6.07, 6.45) is 3.78. The molecule has 1 aliphatic rings. The average molecular weight is 373 g/mol. The molecular weight excluding hydrogens is 356 g/mol. The largest absolute Gasteiger partial charge is 0.345 e. The van der Waals surface area contributed by atoms with Crippen LogP contribution in [0.5, 0.6) is 0 Å². The van der Waals surface area contributed by atoms with Crippen molar-refractivity contribution in [1.82, 2.24) is 0 Å². The molecule has 2 unspecified atom stereocenters. The van der Waals surface area contributed by atoms with Crippen molar-refractivity contribution in [3.8, 4) is 0 Å². The molecule has 0 saturated heterocycles. The number of hydrogen-bond acceptors (Lipinski definition) is 3. The first kappa shape index (κ1) is 18.4. The number of carbonyl (C=O) groups is 1. The van der Waals surface area contributed by atoms with Crippen LogP contribution in [-0.2, 0) is 9.53 Å². The van der Waals surface area contributed by atoms with Gasteiger partial charge >= 0.3 is 6.61 Å². The SMILES string of the molecule is O=C(Nc1ccccc1)C1(C=Cc2ccccc2)SC=CC1OC(F)F. The van der Waals surface area contributed by atoms with Crippen molar-refractivity contribution in [2.45, 2.75) is 17.5 Å². The third kappa shape index (κ3) is 4.20. The number of ether oxygens (including phenoxy) is 1. The summed E-state index contributed by atoms with van der Waals surface area (Å²) in [5.41, 5.74) is 1.45. The molecule has 1 amide bonds. The molecule has 0 saturated carbocycles. The van der Waals surface area contributed by atoms with Gasteiger partial charge in [0.1, 0.15) is 10.9 Å². The van der Waals surface area contributed by atoms with Gasteiger partial charge in [-0.2, -0.15) is 8.78 Å². The summed E-state index contributed by atoms with van der Waals surface area (Å²) < 4.78 is 29.1. The lowest BCUT2D eigenvalue weighted by Gasteiger charge is -2.30. The smallest absolute Gasteiger partial charge is 0.324 e. The maximum Gasteiger partial charge on any atom is 0.345 e. The van der Waals surface area contributed by atoms with Crippen LogP contribution >= 0.6 is 11.8 Å². The first-order valence-corrected chi connectivity index (χ1v) is 8.87. The predicted molar refractivity (Wildman–Crippen MR) is 101 cm³/mol. The Morgan fingerprint density at radius 1 is 1.12 bits per heavy atom. The van der Waals surface area contributed by atoms with Crippen molar-refractivity contribution < 1.29 is 18.3 Å². The van der Waals surface area contributed by atoms with Crippen LogP contribution in [0.25, 0.3) is 6.08 Å². The van der Waals surface area contributed by atoms with Crippen molar-refractivity contribution in [2.24, 2.45) is 0 Å². The van der Waals surface area contributed by atoms with Crippen molar-refractivity contribution in [1.29, 1.82) is 0 Å². The minimum Gasteiger partial charge on any atom is -0.324 e. The summed E-state index contributed by atoms with van der Waals surface area (Å²) in [6, 6.07) is 18.2. The molecule has 0 aromatic heterocycles. The number of anilines is 1. The van der Waals surface area contributed by atoms with Gasteiger partial charge in [-0.3, -0.25) is 4.79 Å². The number of rotatable bonds is 6. The third-order valence-corrected chi connectivity index (χ3v) is 5.14. The molecule has 0 spiro atoms. The monoisotopic (exact) mass is 373 g/mol. The number of para-hydroxylation sites is 1. The van der Waals surface area contributed by atoms with E-state index in [1.165, 1.54) is 6.08 Å². The Labute approximate surface area is 154 Å². The summed E-state index contributed by atoms with van der Waals surface area (Å²) in [7, 11) is 0. The molecule has 134 valence electrons. The van der Waals surface area contributed by atoms with E-state index in [0.29, 0.717) is 5.69 Å². The van der Waals surface area contributed by atoms with Gasteiger partial charge in [-0.05, 0) is 29.2 Å². The summed E-state index contributed by atoms with van der Waals surface area (Å²) in [6.45, 7) is -2.97. The molecule has 0 aliphatic carbocycles. The maximum absolute atomic E-state index is 13.0. The number of halogens is 2. The van der Waals surface area contributed by atoms with E-state index in [-0.39, 0.29) is 0 Å². The van der Waals surface area contributed by atoms with Crippen LogP contribution in [0.4, 0.5) is 14.5 Å². The fraction of sp³-hybridized carbons (Fsp3) is 0.150. The van der Waals surface area contributed by atoms with Crippen LogP contribution in [-0.4, -0.2) is 23.4 Å². The van der Waals surface area contributed by atoms with Crippen LogP contribution in [0.1, 0.15) is 5.56 Å². The molecule has 2 aromatic carbocycles. The number of hydrogen-bond donors (Lipinski definition) is 1. The summed E-state index contributed by atoms with van der Waals surface area (Å²) in [5, 5.41) is 4.41. The van der Waals surface area contributed by atoms with Crippen molar-refractivity contribution in [3.05, 3.63) is 83.8 Å². The van der Waals surface area contributed by atoms with Crippen LogP contribution < -0.4 is 5.32 Å². The van der Waals surface area contributed by atoms with E-state index in [1.54, 1.807) is 41.8 Å².